The molecule has 2 heterocycles. The van der Waals surface area contributed by atoms with E-state index in [1.165, 1.54) is 10.4 Å². The van der Waals surface area contributed by atoms with Crippen LogP contribution in [0.25, 0.3) is 5.69 Å². The van der Waals surface area contributed by atoms with E-state index in [0.717, 1.165) is 23.4 Å². The van der Waals surface area contributed by atoms with Crippen LogP contribution in [0.4, 0.5) is 0 Å². The van der Waals surface area contributed by atoms with Gasteiger partial charge in [-0.25, -0.2) is 9.78 Å². The second-order valence-electron chi connectivity index (χ2n) is 9.11. The minimum absolute atomic E-state index is 0.0629. The van der Waals surface area contributed by atoms with Gasteiger partial charge in [0.2, 0.25) is 0 Å². The number of phenols is 1. The monoisotopic (exact) mass is 540 g/mol. The summed E-state index contributed by atoms with van der Waals surface area (Å²) >= 11 is 0. The zero-order valence-corrected chi connectivity index (χ0v) is 22.7. The number of aryl methyl sites for hydroxylation is 3. The van der Waals surface area contributed by atoms with Crippen molar-refractivity contribution in [3.8, 4) is 17.2 Å². The molecule has 0 aliphatic heterocycles. The Balaban J connectivity index is 0.000000350. The predicted octanol–water partition coefficient (Wildman–Crippen LogP) is 5.74. The number of aromatic hydroxyl groups is 1. The fourth-order valence-electron chi connectivity index (χ4n) is 4.08. The minimum Gasteiger partial charge on any atom is -0.508 e. The lowest BCUT2D eigenvalue weighted by molar-refractivity contribution is 0.0689. The topological polar surface area (TPSA) is 124 Å². The summed E-state index contributed by atoms with van der Waals surface area (Å²) < 4.78 is 11.3. The van der Waals surface area contributed by atoms with E-state index in [9.17, 15) is 9.90 Å². The molecule has 5 aromatic rings. The predicted molar refractivity (Wildman–Crippen MR) is 150 cm³/mol. The van der Waals surface area contributed by atoms with Crippen LogP contribution in [0.5, 0.6) is 11.5 Å². The number of carboxylic acids is 1. The van der Waals surface area contributed by atoms with Crippen LogP contribution in [0.3, 0.4) is 0 Å². The number of hydrogen-bond acceptors (Lipinski definition) is 7. The number of carbonyl (C=O) groups is 1. The maximum Gasteiger partial charge on any atom is 0.358 e. The Morgan fingerprint density at radius 2 is 1.68 bits per heavy atom. The fraction of sp³-hybridized carbons (Fsp3) is 0.226. The Labute approximate surface area is 232 Å². The molecular formula is C31H32N4O5. The molecule has 0 saturated heterocycles. The van der Waals surface area contributed by atoms with Gasteiger partial charge in [-0.15, -0.1) is 5.10 Å². The molecule has 40 heavy (non-hydrogen) atoms. The van der Waals surface area contributed by atoms with E-state index in [-0.39, 0.29) is 5.69 Å². The number of aromatic nitrogens is 4. The van der Waals surface area contributed by atoms with Gasteiger partial charge >= 0.3 is 5.97 Å². The molecular weight excluding hydrogens is 508 g/mol. The lowest BCUT2D eigenvalue weighted by Gasteiger charge is -2.07. The first-order chi connectivity index (χ1) is 19.3. The molecule has 9 heteroatoms. The van der Waals surface area contributed by atoms with E-state index in [1.54, 1.807) is 12.1 Å². The molecule has 0 atom stereocenters. The van der Waals surface area contributed by atoms with Gasteiger partial charge in [0.15, 0.2) is 11.6 Å². The average molecular weight is 541 g/mol. The Bertz CT molecular complexity index is 1560. The molecule has 0 aliphatic rings. The summed E-state index contributed by atoms with van der Waals surface area (Å²) in [7, 11) is 0. The molecule has 2 aromatic heterocycles. The van der Waals surface area contributed by atoms with Crippen LogP contribution in [0, 0.1) is 13.8 Å². The van der Waals surface area contributed by atoms with Crippen LogP contribution >= 0.6 is 0 Å². The largest absolute Gasteiger partial charge is 0.508 e. The molecule has 0 fully saturated rings. The molecule has 5 rings (SSSR count). The second kappa shape index (κ2) is 13.2. The third-order valence-electron chi connectivity index (χ3n) is 6.07. The van der Waals surface area contributed by atoms with E-state index in [0.29, 0.717) is 48.2 Å². The maximum absolute atomic E-state index is 11.7. The van der Waals surface area contributed by atoms with Crippen molar-refractivity contribution >= 4 is 5.97 Å². The van der Waals surface area contributed by atoms with Crippen LogP contribution in [0.2, 0.25) is 0 Å². The first kappa shape index (κ1) is 28.1. The number of ether oxygens (including phenoxy) is 1. The van der Waals surface area contributed by atoms with Crippen molar-refractivity contribution in [1.29, 1.82) is 0 Å². The molecule has 0 unspecified atom stereocenters. The van der Waals surface area contributed by atoms with Gasteiger partial charge in [0.05, 0.1) is 18.0 Å². The van der Waals surface area contributed by atoms with E-state index >= 15 is 0 Å². The van der Waals surface area contributed by atoms with E-state index in [1.807, 2.05) is 80.6 Å². The first-order valence-corrected chi connectivity index (χ1v) is 13.0. The number of nitrogens with zero attached hydrogens (tertiary/aromatic N) is 4. The fourth-order valence-corrected chi connectivity index (χ4v) is 4.08. The van der Waals surface area contributed by atoms with E-state index in [4.69, 9.17) is 14.3 Å². The Morgan fingerprint density at radius 1 is 0.925 bits per heavy atom. The highest BCUT2D eigenvalue weighted by Gasteiger charge is 2.19. The van der Waals surface area contributed by atoms with Gasteiger partial charge in [0.1, 0.15) is 23.0 Å². The molecule has 3 aromatic carbocycles. The van der Waals surface area contributed by atoms with Crippen molar-refractivity contribution in [2.24, 2.45) is 0 Å². The molecule has 9 nitrogen and oxygen atoms in total. The van der Waals surface area contributed by atoms with Gasteiger partial charge in [-0.05, 0) is 60.9 Å². The number of rotatable bonds is 9. The molecule has 0 amide bonds. The van der Waals surface area contributed by atoms with Gasteiger partial charge in [-0.3, -0.25) is 0 Å². The van der Waals surface area contributed by atoms with Crippen LogP contribution in [0.1, 0.15) is 51.6 Å². The van der Waals surface area contributed by atoms with E-state index < -0.39 is 5.97 Å². The SMILES string of the molecule is CCc1cccc(O)c1.Cc1nc(CCOc2cccc(Cc3nn(-c4ccccc4)nc3C(=O)O)c2)c(C)o1. The second-order valence-corrected chi connectivity index (χ2v) is 9.11. The van der Waals surface area contributed by atoms with Gasteiger partial charge in [0, 0.05) is 19.8 Å². The van der Waals surface area contributed by atoms with E-state index in [2.05, 4.69) is 22.1 Å². The Hall–Kier alpha value is -4.92. The summed E-state index contributed by atoms with van der Waals surface area (Å²) in [5.41, 5.74) is 3.97. The van der Waals surface area contributed by atoms with Crippen molar-refractivity contribution in [2.45, 2.75) is 40.0 Å². The highest BCUT2D eigenvalue weighted by molar-refractivity contribution is 5.86. The highest BCUT2D eigenvalue weighted by atomic mass is 16.5. The highest BCUT2D eigenvalue weighted by Crippen LogP contribution is 2.19. The smallest absolute Gasteiger partial charge is 0.358 e. The van der Waals surface area contributed by atoms with Gasteiger partial charge < -0.3 is 19.4 Å². The van der Waals surface area contributed by atoms with Crippen LogP contribution in [-0.2, 0) is 19.3 Å². The van der Waals surface area contributed by atoms with Crippen molar-refractivity contribution < 1.29 is 24.2 Å². The lowest BCUT2D eigenvalue weighted by Crippen LogP contribution is -2.04. The summed E-state index contributed by atoms with van der Waals surface area (Å²) in [6.45, 7) is 6.23. The van der Waals surface area contributed by atoms with Gasteiger partial charge in [0.25, 0.3) is 0 Å². The van der Waals surface area contributed by atoms with Crippen LogP contribution in [-0.4, -0.2) is 42.8 Å². The molecule has 0 aliphatic carbocycles. The molecule has 0 spiro atoms. The standard InChI is InChI=1S/C23H22N4O4.C8H10O/c1-15-20(24-16(2)31-15)11-12-30-19-10-6-7-17(13-19)14-21-22(23(28)29)26-27(25-21)18-8-4-3-5-9-18;1-2-7-4-3-5-8(9)6-7/h3-10,13H,11-12,14H2,1-2H3,(H,28,29);3-6,9H,2H2,1H3. The third kappa shape index (κ3) is 7.57. The molecule has 206 valence electrons. The molecule has 0 bridgehead atoms. The normalized spacial score (nSPS) is 10.6. The summed E-state index contributed by atoms with van der Waals surface area (Å²) in [6, 6.07) is 24.1. The van der Waals surface area contributed by atoms with Crippen molar-refractivity contribution in [3.05, 3.63) is 119 Å². The number of carboxylic acid groups (broad SMARTS) is 1. The number of oxazole rings is 1. The number of aromatic carboxylic acids is 1. The Kier molecular flexibility index (Phi) is 9.30. The van der Waals surface area contributed by atoms with Gasteiger partial charge in [-0.2, -0.15) is 9.90 Å². The number of hydrogen-bond donors (Lipinski definition) is 2. The quantitative estimate of drug-likeness (QED) is 0.243. The van der Waals surface area contributed by atoms with Gasteiger partial charge in [-0.1, -0.05) is 49.4 Å². The summed E-state index contributed by atoms with van der Waals surface area (Å²) in [4.78, 5) is 17.4. The molecule has 2 N–H and O–H groups in total. The first-order valence-electron chi connectivity index (χ1n) is 13.0. The summed E-state index contributed by atoms with van der Waals surface area (Å²) in [6.07, 6.45) is 1.95. The van der Waals surface area contributed by atoms with Crippen molar-refractivity contribution in [2.75, 3.05) is 6.61 Å². The van der Waals surface area contributed by atoms with Crippen LogP contribution in [0.15, 0.2) is 83.3 Å². The molecule has 0 radical (unpaired) electrons. The minimum atomic E-state index is -1.11. The molecule has 0 saturated carbocycles. The van der Waals surface area contributed by atoms with Crippen LogP contribution < -0.4 is 4.74 Å². The average Bonchev–Trinajstić information content (AvgIpc) is 3.52. The Morgan fingerprint density at radius 3 is 2.33 bits per heavy atom. The number of phenolic OH excluding ortho intramolecular Hbond substituents is 1. The maximum atomic E-state index is 11.7. The van der Waals surface area contributed by atoms with Crippen molar-refractivity contribution in [3.63, 3.8) is 0 Å². The number of para-hydroxylation sites is 1. The summed E-state index contributed by atoms with van der Waals surface area (Å²) in [5, 5.41) is 27.1. The zero-order chi connectivity index (χ0) is 28.5. The van der Waals surface area contributed by atoms with Crippen molar-refractivity contribution in [1.82, 2.24) is 20.0 Å². The summed E-state index contributed by atoms with van der Waals surface area (Å²) in [5.74, 6) is 1.39. The third-order valence-corrected chi connectivity index (χ3v) is 6.07. The number of benzene rings is 3. The lowest BCUT2D eigenvalue weighted by atomic mass is 10.1. The zero-order valence-electron chi connectivity index (χ0n) is 22.7.